The van der Waals surface area contributed by atoms with Crippen LogP contribution in [0.5, 0.6) is 17.4 Å². The lowest BCUT2D eigenvalue weighted by Crippen LogP contribution is -2.44. The van der Waals surface area contributed by atoms with Gasteiger partial charge in [0.1, 0.15) is 11.5 Å². The van der Waals surface area contributed by atoms with E-state index in [1.807, 2.05) is 45.0 Å². The monoisotopic (exact) mass is 545 g/mol. The average Bonchev–Trinajstić information content (AvgIpc) is 2.91. The third-order valence-electron chi connectivity index (χ3n) is 6.63. The second-order valence-corrected chi connectivity index (χ2v) is 11.0. The molecule has 1 aliphatic rings. The second kappa shape index (κ2) is 12.6. The SMILES string of the molecule is CC(C)(C)C(=O)NC1CCC(Oc2ccc(Oc3ccc(CC(=O)Nc4ccccc4C(=O)O)cn3)cc2)CC1. The lowest BCUT2D eigenvalue weighted by Gasteiger charge is -2.31. The molecule has 40 heavy (non-hydrogen) atoms. The van der Waals surface area contributed by atoms with Gasteiger partial charge in [-0.05, 0) is 67.6 Å². The normalized spacial score (nSPS) is 17.0. The summed E-state index contributed by atoms with van der Waals surface area (Å²) in [4.78, 5) is 40.2. The molecule has 0 bridgehead atoms. The van der Waals surface area contributed by atoms with Crippen molar-refractivity contribution < 1.29 is 29.0 Å². The van der Waals surface area contributed by atoms with Gasteiger partial charge in [-0.2, -0.15) is 0 Å². The molecule has 2 amide bonds. The van der Waals surface area contributed by atoms with Crippen LogP contribution < -0.4 is 20.1 Å². The van der Waals surface area contributed by atoms with Gasteiger partial charge in [-0.1, -0.05) is 39.0 Å². The van der Waals surface area contributed by atoms with Gasteiger partial charge in [0.25, 0.3) is 0 Å². The first kappa shape index (κ1) is 28.6. The molecule has 1 saturated carbocycles. The largest absolute Gasteiger partial charge is 0.490 e. The predicted molar refractivity (Wildman–Crippen MR) is 151 cm³/mol. The van der Waals surface area contributed by atoms with Gasteiger partial charge >= 0.3 is 5.97 Å². The third-order valence-corrected chi connectivity index (χ3v) is 6.63. The molecule has 0 radical (unpaired) electrons. The van der Waals surface area contributed by atoms with Gasteiger partial charge in [-0.3, -0.25) is 9.59 Å². The summed E-state index contributed by atoms with van der Waals surface area (Å²) in [5.41, 5.74) is 0.554. The van der Waals surface area contributed by atoms with Gasteiger partial charge in [-0.15, -0.1) is 0 Å². The number of rotatable bonds is 9. The molecule has 9 nitrogen and oxygen atoms in total. The Balaban J connectivity index is 1.23. The van der Waals surface area contributed by atoms with Gasteiger partial charge in [-0.25, -0.2) is 9.78 Å². The Morgan fingerprint density at radius 3 is 2.23 bits per heavy atom. The van der Waals surface area contributed by atoms with Gasteiger partial charge in [0.05, 0.1) is 23.8 Å². The Kier molecular flexibility index (Phi) is 9.04. The number of hydrogen-bond acceptors (Lipinski definition) is 6. The number of pyridine rings is 1. The van der Waals surface area contributed by atoms with E-state index in [0.29, 0.717) is 17.2 Å². The number of carbonyl (C=O) groups excluding carboxylic acids is 2. The minimum Gasteiger partial charge on any atom is -0.490 e. The van der Waals surface area contributed by atoms with Gasteiger partial charge in [0.15, 0.2) is 0 Å². The Morgan fingerprint density at radius 2 is 1.60 bits per heavy atom. The zero-order chi connectivity index (χ0) is 28.7. The molecule has 0 saturated heterocycles. The standard InChI is InChI=1S/C31H35N3O6/c1-31(2,3)30(38)33-21-9-11-22(12-10-21)39-23-13-15-24(16-14-23)40-28-17-8-20(19-32-28)18-27(35)34-26-7-5-4-6-25(26)29(36)37/h4-8,13-17,19,21-22H,9-12,18H2,1-3H3,(H,33,38)(H,34,35)(H,36,37). The maximum Gasteiger partial charge on any atom is 0.337 e. The van der Waals surface area contributed by atoms with Crippen LogP contribution in [0.2, 0.25) is 0 Å². The fourth-order valence-electron chi connectivity index (χ4n) is 4.36. The number of aromatic carboxylic acids is 1. The lowest BCUT2D eigenvalue weighted by atomic mass is 9.90. The molecular weight excluding hydrogens is 510 g/mol. The molecule has 0 spiro atoms. The molecule has 0 aliphatic heterocycles. The molecule has 0 atom stereocenters. The maximum atomic E-state index is 12.4. The molecule has 210 valence electrons. The Hall–Kier alpha value is -4.40. The van der Waals surface area contributed by atoms with E-state index in [9.17, 15) is 19.5 Å². The van der Waals surface area contributed by atoms with Crippen LogP contribution in [-0.4, -0.2) is 40.0 Å². The molecule has 3 N–H and O–H groups in total. The first-order valence-corrected chi connectivity index (χ1v) is 13.4. The molecule has 1 fully saturated rings. The number of benzene rings is 2. The van der Waals surface area contributed by atoms with E-state index < -0.39 is 5.97 Å². The van der Waals surface area contributed by atoms with E-state index in [-0.39, 0.29) is 47.0 Å². The fraction of sp³-hybridized carbons (Fsp3) is 0.355. The highest BCUT2D eigenvalue weighted by atomic mass is 16.5. The van der Waals surface area contributed by atoms with Gasteiger partial charge in [0.2, 0.25) is 17.7 Å². The highest BCUT2D eigenvalue weighted by Gasteiger charge is 2.28. The number of amides is 2. The zero-order valence-electron chi connectivity index (χ0n) is 23.0. The summed E-state index contributed by atoms with van der Waals surface area (Å²) in [7, 11) is 0. The van der Waals surface area contributed by atoms with Crippen molar-refractivity contribution in [1.29, 1.82) is 0 Å². The minimum absolute atomic E-state index is 0.0307. The van der Waals surface area contributed by atoms with Crippen LogP contribution in [0.15, 0.2) is 66.9 Å². The van der Waals surface area contributed by atoms with Crippen LogP contribution >= 0.6 is 0 Å². The summed E-state index contributed by atoms with van der Waals surface area (Å²) in [5, 5.41) is 15.1. The van der Waals surface area contributed by atoms with Crippen LogP contribution in [0.25, 0.3) is 0 Å². The summed E-state index contributed by atoms with van der Waals surface area (Å²) in [5.74, 6) is 0.371. The number of nitrogens with one attached hydrogen (secondary N) is 2. The number of aromatic nitrogens is 1. The van der Waals surface area contributed by atoms with Crippen molar-refractivity contribution in [2.75, 3.05) is 5.32 Å². The smallest absolute Gasteiger partial charge is 0.337 e. The van der Waals surface area contributed by atoms with E-state index in [1.165, 1.54) is 6.07 Å². The van der Waals surface area contributed by atoms with E-state index in [4.69, 9.17) is 9.47 Å². The Labute approximate surface area is 233 Å². The number of ether oxygens (including phenoxy) is 2. The predicted octanol–water partition coefficient (Wildman–Crippen LogP) is 5.61. The van der Waals surface area contributed by atoms with Crippen molar-refractivity contribution in [1.82, 2.24) is 10.3 Å². The molecule has 1 aliphatic carbocycles. The van der Waals surface area contributed by atoms with Crippen molar-refractivity contribution in [3.05, 3.63) is 78.0 Å². The first-order valence-electron chi connectivity index (χ1n) is 13.4. The van der Waals surface area contributed by atoms with Crippen molar-refractivity contribution in [2.45, 2.75) is 65.0 Å². The van der Waals surface area contributed by atoms with Crippen LogP contribution in [0, 0.1) is 5.41 Å². The van der Waals surface area contributed by atoms with E-state index in [2.05, 4.69) is 15.6 Å². The number of carboxylic acids is 1. The highest BCUT2D eigenvalue weighted by Crippen LogP contribution is 2.27. The first-order chi connectivity index (χ1) is 19.1. The summed E-state index contributed by atoms with van der Waals surface area (Å²) in [6.45, 7) is 5.76. The van der Waals surface area contributed by atoms with Gasteiger partial charge in [0, 0.05) is 23.7 Å². The topological polar surface area (TPSA) is 127 Å². The van der Waals surface area contributed by atoms with E-state index >= 15 is 0 Å². The van der Waals surface area contributed by atoms with E-state index in [0.717, 1.165) is 31.4 Å². The molecule has 2 aromatic carbocycles. The van der Waals surface area contributed by atoms with Gasteiger partial charge < -0.3 is 25.2 Å². The van der Waals surface area contributed by atoms with E-state index in [1.54, 1.807) is 36.5 Å². The average molecular weight is 546 g/mol. The Morgan fingerprint density at radius 1 is 0.925 bits per heavy atom. The highest BCUT2D eigenvalue weighted by molar-refractivity contribution is 6.00. The van der Waals surface area contributed by atoms with Crippen LogP contribution in [-0.2, 0) is 16.0 Å². The minimum atomic E-state index is -1.11. The molecule has 3 aromatic rings. The summed E-state index contributed by atoms with van der Waals surface area (Å²) in [6, 6.07) is 17.2. The Bertz CT molecular complexity index is 1320. The molecular formula is C31H35N3O6. The number of carboxylic acid groups (broad SMARTS) is 1. The maximum absolute atomic E-state index is 12.4. The second-order valence-electron chi connectivity index (χ2n) is 11.0. The summed E-state index contributed by atoms with van der Waals surface area (Å²) < 4.78 is 12.0. The van der Waals surface area contributed by atoms with Crippen LogP contribution in [0.1, 0.15) is 62.4 Å². The van der Waals surface area contributed by atoms with Crippen molar-refractivity contribution in [3.8, 4) is 17.4 Å². The number of anilines is 1. The molecule has 0 unspecified atom stereocenters. The lowest BCUT2D eigenvalue weighted by molar-refractivity contribution is -0.129. The molecule has 9 heteroatoms. The number of nitrogens with zero attached hydrogens (tertiary/aromatic N) is 1. The quantitative estimate of drug-likeness (QED) is 0.319. The fourth-order valence-corrected chi connectivity index (χ4v) is 4.36. The van der Waals surface area contributed by atoms with Crippen molar-refractivity contribution in [3.63, 3.8) is 0 Å². The molecule has 1 heterocycles. The number of carbonyl (C=O) groups is 3. The molecule has 4 rings (SSSR count). The van der Waals surface area contributed by atoms with Crippen molar-refractivity contribution in [2.24, 2.45) is 5.41 Å². The zero-order valence-corrected chi connectivity index (χ0v) is 23.0. The van der Waals surface area contributed by atoms with Crippen molar-refractivity contribution >= 4 is 23.5 Å². The van der Waals surface area contributed by atoms with Crippen LogP contribution in [0.3, 0.4) is 0 Å². The summed E-state index contributed by atoms with van der Waals surface area (Å²) >= 11 is 0. The molecule has 1 aromatic heterocycles. The van der Waals surface area contributed by atoms with Crippen LogP contribution in [0.4, 0.5) is 5.69 Å². The third kappa shape index (κ3) is 8.05. The number of hydrogen-bond donors (Lipinski definition) is 3. The number of para-hydroxylation sites is 1. The summed E-state index contributed by atoms with van der Waals surface area (Å²) in [6.07, 6.45) is 5.26.